The third-order valence-electron chi connectivity index (χ3n) is 2.31. The predicted octanol–water partition coefficient (Wildman–Crippen LogP) is 2.22. The normalized spacial score (nSPS) is 14.4. The standard InChI is InChI=1S/C12H17NO2/c1-4-15-11(13)12(3,14)10-7-5-6-9(2)8-10/h5-8,13-14H,4H2,1-3H3/t12-/m0/s1. The Hall–Kier alpha value is -1.35. The third kappa shape index (κ3) is 2.57. The van der Waals surface area contributed by atoms with Gasteiger partial charge in [-0.05, 0) is 26.3 Å². The van der Waals surface area contributed by atoms with Crippen LogP contribution in [0.3, 0.4) is 0 Å². The Morgan fingerprint density at radius 2 is 2.20 bits per heavy atom. The molecular formula is C12H17NO2. The van der Waals surface area contributed by atoms with Crippen molar-refractivity contribution in [2.45, 2.75) is 26.4 Å². The Balaban J connectivity index is 2.99. The summed E-state index contributed by atoms with van der Waals surface area (Å²) in [6.07, 6.45) is 0. The molecule has 0 saturated heterocycles. The Kier molecular flexibility index (Phi) is 3.48. The van der Waals surface area contributed by atoms with E-state index in [1.807, 2.05) is 25.1 Å². The van der Waals surface area contributed by atoms with Gasteiger partial charge in [-0.3, -0.25) is 5.41 Å². The van der Waals surface area contributed by atoms with Crippen molar-refractivity contribution in [1.82, 2.24) is 0 Å². The molecule has 0 aliphatic heterocycles. The summed E-state index contributed by atoms with van der Waals surface area (Å²) in [5.74, 6) is -0.115. The number of benzene rings is 1. The Morgan fingerprint density at radius 3 is 2.73 bits per heavy atom. The van der Waals surface area contributed by atoms with Crippen molar-refractivity contribution in [2.75, 3.05) is 6.61 Å². The van der Waals surface area contributed by atoms with E-state index in [0.717, 1.165) is 5.56 Å². The summed E-state index contributed by atoms with van der Waals surface area (Å²) in [7, 11) is 0. The third-order valence-corrected chi connectivity index (χ3v) is 2.31. The first-order chi connectivity index (χ1) is 6.98. The average molecular weight is 207 g/mol. The first-order valence-corrected chi connectivity index (χ1v) is 4.99. The molecule has 0 aromatic heterocycles. The van der Waals surface area contributed by atoms with Crippen molar-refractivity contribution in [3.05, 3.63) is 35.4 Å². The molecule has 1 aromatic rings. The lowest BCUT2D eigenvalue weighted by molar-refractivity contribution is 0.0948. The molecule has 3 heteroatoms. The van der Waals surface area contributed by atoms with Crippen LogP contribution in [0.15, 0.2) is 24.3 Å². The number of aliphatic hydroxyl groups is 1. The predicted molar refractivity (Wildman–Crippen MR) is 60.1 cm³/mol. The molecular weight excluding hydrogens is 190 g/mol. The molecule has 0 radical (unpaired) electrons. The molecule has 82 valence electrons. The smallest absolute Gasteiger partial charge is 0.217 e. The minimum Gasteiger partial charge on any atom is -0.479 e. The molecule has 0 aliphatic rings. The lowest BCUT2D eigenvalue weighted by atomic mass is 9.94. The number of hydrogen-bond acceptors (Lipinski definition) is 3. The van der Waals surface area contributed by atoms with Gasteiger partial charge in [0.1, 0.15) is 0 Å². The molecule has 0 heterocycles. The first kappa shape index (κ1) is 11.7. The molecule has 0 unspecified atom stereocenters. The highest BCUT2D eigenvalue weighted by Crippen LogP contribution is 2.23. The van der Waals surface area contributed by atoms with Crippen LogP contribution in [0.1, 0.15) is 25.0 Å². The molecule has 0 spiro atoms. The van der Waals surface area contributed by atoms with Gasteiger partial charge >= 0.3 is 0 Å². The monoisotopic (exact) mass is 207 g/mol. The molecule has 0 amide bonds. The molecule has 1 aromatic carbocycles. The van der Waals surface area contributed by atoms with Crippen molar-refractivity contribution >= 4 is 5.90 Å². The van der Waals surface area contributed by atoms with E-state index in [0.29, 0.717) is 12.2 Å². The Morgan fingerprint density at radius 1 is 1.53 bits per heavy atom. The lowest BCUT2D eigenvalue weighted by Crippen LogP contribution is -2.33. The van der Waals surface area contributed by atoms with Crippen molar-refractivity contribution in [3.63, 3.8) is 0 Å². The maximum atomic E-state index is 10.2. The largest absolute Gasteiger partial charge is 0.479 e. The topological polar surface area (TPSA) is 53.3 Å². The van der Waals surface area contributed by atoms with Crippen molar-refractivity contribution in [2.24, 2.45) is 0 Å². The zero-order chi connectivity index (χ0) is 11.5. The van der Waals surface area contributed by atoms with Gasteiger partial charge in [-0.1, -0.05) is 29.8 Å². The van der Waals surface area contributed by atoms with Gasteiger partial charge in [0, 0.05) is 0 Å². The second kappa shape index (κ2) is 4.45. The number of hydrogen-bond donors (Lipinski definition) is 2. The van der Waals surface area contributed by atoms with E-state index in [2.05, 4.69) is 0 Å². The van der Waals surface area contributed by atoms with E-state index in [4.69, 9.17) is 10.1 Å². The average Bonchev–Trinajstić information content (AvgIpc) is 2.18. The number of nitrogens with one attached hydrogen (secondary N) is 1. The number of rotatable bonds is 3. The van der Waals surface area contributed by atoms with Gasteiger partial charge in [0.25, 0.3) is 0 Å². The maximum Gasteiger partial charge on any atom is 0.217 e. The second-order valence-electron chi connectivity index (χ2n) is 3.70. The van der Waals surface area contributed by atoms with Gasteiger partial charge < -0.3 is 9.84 Å². The van der Waals surface area contributed by atoms with E-state index in [-0.39, 0.29) is 5.90 Å². The molecule has 1 rings (SSSR count). The lowest BCUT2D eigenvalue weighted by Gasteiger charge is -2.24. The summed E-state index contributed by atoms with van der Waals surface area (Å²) in [5.41, 5.74) is 0.389. The SMILES string of the molecule is CCOC(=N)[C@@](C)(O)c1cccc(C)c1. The van der Waals surface area contributed by atoms with Crippen molar-refractivity contribution in [3.8, 4) is 0 Å². The van der Waals surface area contributed by atoms with Gasteiger partial charge in [0.2, 0.25) is 5.90 Å². The minimum absolute atomic E-state index is 0.115. The van der Waals surface area contributed by atoms with E-state index < -0.39 is 5.60 Å². The molecule has 2 N–H and O–H groups in total. The molecule has 1 atom stereocenters. The first-order valence-electron chi connectivity index (χ1n) is 4.99. The summed E-state index contributed by atoms with van der Waals surface area (Å²) in [6.45, 7) is 5.70. The molecule has 3 nitrogen and oxygen atoms in total. The van der Waals surface area contributed by atoms with E-state index in [1.54, 1.807) is 19.9 Å². The van der Waals surface area contributed by atoms with Crippen LogP contribution in [-0.2, 0) is 10.3 Å². The summed E-state index contributed by atoms with van der Waals surface area (Å²) < 4.78 is 5.03. The maximum absolute atomic E-state index is 10.2. The molecule has 0 saturated carbocycles. The quantitative estimate of drug-likeness (QED) is 0.589. The fraction of sp³-hybridized carbons (Fsp3) is 0.417. The highest BCUT2D eigenvalue weighted by molar-refractivity contribution is 5.83. The van der Waals surface area contributed by atoms with Crippen LogP contribution in [0.2, 0.25) is 0 Å². The highest BCUT2D eigenvalue weighted by Gasteiger charge is 2.30. The molecule has 0 fully saturated rings. The summed E-state index contributed by atoms with van der Waals surface area (Å²) >= 11 is 0. The molecule has 0 bridgehead atoms. The number of ether oxygens (including phenoxy) is 1. The highest BCUT2D eigenvalue weighted by atomic mass is 16.5. The van der Waals surface area contributed by atoms with Gasteiger partial charge in [0.05, 0.1) is 6.61 Å². The van der Waals surface area contributed by atoms with Crippen LogP contribution in [0.5, 0.6) is 0 Å². The fourth-order valence-electron chi connectivity index (χ4n) is 1.36. The van der Waals surface area contributed by atoms with Gasteiger partial charge in [-0.2, -0.15) is 0 Å². The van der Waals surface area contributed by atoms with Crippen LogP contribution in [-0.4, -0.2) is 17.6 Å². The van der Waals surface area contributed by atoms with E-state index >= 15 is 0 Å². The zero-order valence-corrected chi connectivity index (χ0v) is 9.37. The minimum atomic E-state index is -1.35. The number of aryl methyl sites for hydroxylation is 1. The Labute approximate surface area is 90.2 Å². The molecule has 15 heavy (non-hydrogen) atoms. The van der Waals surface area contributed by atoms with Crippen LogP contribution in [0, 0.1) is 12.3 Å². The van der Waals surface area contributed by atoms with Gasteiger partial charge in [0.15, 0.2) is 5.60 Å². The van der Waals surface area contributed by atoms with Crippen LogP contribution >= 0.6 is 0 Å². The van der Waals surface area contributed by atoms with Gasteiger partial charge in [-0.25, -0.2) is 0 Å². The van der Waals surface area contributed by atoms with Crippen LogP contribution in [0.4, 0.5) is 0 Å². The van der Waals surface area contributed by atoms with Crippen molar-refractivity contribution in [1.29, 1.82) is 5.41 Å². The van der Waals surface area contributed by atoms with Crippen LogP contribution in [0.25, 0.3) is 0 Å². The van der Waals surface area contributed by atoms with E-state index in [1.165, 1.54) is 0 Å². The summed E-state index contributed by atoms with van der Waals surface area (Å²) in [5, 5.41) is 17.8. The van der Waals surface area contributed by atoms with Crippen LogP contribution < -0.4 is 0 Å². The van der Waals surface area contributed by atoms with Crippen molar-refractivity contribution < 1.29 is 9.84 Å². The summed E-state index contributed by atoms with van der Waals surface area (Å²) in [6, 6.07) is 7.45. The molecule has 0 aliphatic carbocycles. The fourth-order valence-corrected chi connectivity index (χ4v) is 1.36. The second-order valence-corrected chi connectivity index (χ2v) is 3.70. The van der Waals surface area contributed by atoms with E-state index in [9.17, 15) is 5.11 Å². The zero-order valence-electron chi connectivity index (χ0n) is 9.37. The Bertz CT molecular complexity index is 358. The summed E-state index contributed by atoms with van der Waals surface area (Å²) in [4.78, 5) is 0. The van der Waals surface area contributed by atoms with Gasteiger partial charge in [-0.15, -0.1) is 0 Å².